The van der Waals surface area contributed by atoms with E-state index in [4.69, 9.17) is 0 Å². The third-order valence-electron chi connectivity index (χ3n) is 3.90. The summed E-state index contributed by atoms with van der Waals surface area (Å²) in [6, 6.07) is 2.06. The van der Waals surface area contributed by atoms with E-state index in [-0.39, 0.29) is 18.3 Å². The van der Waals surface area contributed by atoms with Gasteiger partial charge in [0, 0.05) is 31.7 Å². The number of nitrogens with one attached hydrogen (secondary N) is 1. The number of amides is 1. The van der Waals surface area contributed by atoms with Crippen molar-refractivity contribution in [1.29, 1.82) is 0 Å². The number of rotatable bonds is 6. The van der Waals surface area contributed by atoms with Crippen molar-refractivity contribution < 1.29 is 4.79 Å². The molecule has 0 bridgehead atoms. The summed E-state index contributed by atoms with van der Waals surface area (Å²) in [5, 5.41) is 7.98. The van der Waals surface area contributed by atoms with Crippen LogP contribution < -0.4 is 5.32 Å². The average Bonchev–Trinajstić information content (AvgIpc) is 2.94. The van der Waals surface area contributed by atoms with Gasteiger partial charge < -0.3 is 10.2 Å². The SMILES string of the molecule is CCCN(CC)C(=O)Cn1ccc(C2CCCNC2)n1.Cl. The number of halogens is 1. The summed E-state index contributed by atoms with van der Waals surface area (Å²) in [4.78, 5) is 14.1. The largest absolute Gasteiger partial charge is 0.341 e. The standard InChI is InChI=1S/C15H26N4O.ClH/c1-3-9-18(4-2)15(20)12-19-10-7-14(17-19)13-6-5-8-16-11-13;/h7,10,13,16H,3-6,8-9,11-12H2,1-2H3;1H. The number of nitrogens with zero attached hydrogens (tertiary/aromatic N) is 3. The highest BCUT2D eigenvalue weighted by Crippen LogP contribution is 2.21. The van der Waals surface area contributed by atoms with Crippen LogP contribution in [0.4, 0.5) is 0 Å². The number of piperidine rings is 1. The minimum Gasteiger partial charge on any atom is -0.341 e. The van der Waals surface area contributed by atoms with Gasteiger partial charge in [-0.1, -0.05) is 6.92 Å². The second kappa shape index (κ2) is 9.05. The van der Waals surface area contributed by atoms with Gasteiger partial charge in [-0.3, -0.25) is 9.48 Å². The molecule has 0 aromatic carbocycles. The normalized spacial score (nSPS) is 18.1. The molecular formula is C15H27ClN4O. The molecule has 0 aliphatic carbocycles. The zero-order valence-electron chi connectivity index (χ0n) is 13.0. The summed E-state index contributed by atoms with van der Waals surface area (Å²) < 4.78 is 1.78. The predicted octanol–water partition coefficient (Wildman–Crippen LogP) is 2.03. The van der Waals surface area contributed by atoms with Crippen LogP contribution in [0.25, 0.3) is 0 Å². The quantitative estimate of drug-likeness (QED) is 0.874. The Morgan fingerprint density at radius 1 is 1.52 bits per heavy atom. The topological polar surface area (TPSA) is 50.2 Å². The monoisotopic (exact) mass is 314 g/mol. The molecule has 1 fully saturated rings. The van der Waals surface area contributed by atoms with Gasteiger partial charge in [0.15, 0.2) is 0 Å². The molecule has 2 heterocycles. The van der Waals surface area contributed by atoms with Gasteiger partial charge in [-0.15, -0.1) is 12.4 Å². The maximum atomic E-state index is 12.2. The third-order valence-corrected chi connectivity index (χ3v) is 3.90. The van der Waals surface area contributed by atoms with E-state index in [9.17, 15) is 4.79 Å². The van der Waals surface area contributed by atoms with Crippen molar-refractivity contribution in [2.75, 3.05) is 26.2 Å². The summed E-state index contributed by atoms with van der Waals surface area (Å²) in [6.07, 6.45) is 5.32. The van der Waals surface area contributed by atoms with Crippen molar-refractivity contribution in [3.8, 4) is 0 Å². The van der Waals surface area contributed by atoms with Gasteiger partial charge in [0.05, 0.1) is 5.69 Å². The highest BCUT2D eigenvalue weighted by atomic mass is 35.5. The first-order chi connectivity index (χ1) is 9.74. The molecule has 2 rings (SSSR count). The van der Waals surface area contributed by atoms with Crippen molar-refractivity contribution in [1.82, 2.24) is 20.0 Å². The van der Waals surface area contributed by atoms with E-state index in [1.165, 1.54) is 12.8 Å². The zero-order chi connectivity index (χ0) is 14.4. The lowest BCUT2D eigenvalue weighted by molar-refractivity contribution is -0.131. The summed E-state index contributed by atoms with van der Waals surface area (Å²) >= 11 is 0. The Kier molecular flexibility index (Phi) is 7.75. The van der Waals surface area contributed by atoms with Gasteiger partial charge in [0.25, 0.3) is 0 Å². The first-order valence-electron chi connectivity index (χ1n) is 7.76. The lowest BCUT2D eigenvalue weighted by Crippen LogP contribution is -2.34. The van der Waals surface area contributed by atoms with Crippen LogP contribution in [0.15, 0.2) is 12.3 Å². The van der Waals surface area contributed by atoms with E-state index >= 15 is 0 Å². The molecule has 1 aromatic heterocycles. The van der Waals surface area contributed by atoms with Crippen molar-refractivity contribution >= 4 is 18.3 Å². The van der Waals surface area contributed by atoms with Crippen molar-refractivity contribution in [2.24, 2.45) is 0 Å². The van der Waals surface area contributed by atoms with E-state index in [2.05, 4.69) is 23.4 Å². The van der Waals surface area contributed by atoms with E-state index in [0.29, 0.717) is 12.5 Å². The molecule has 1 aliphatic heterocycles. The Morgan fingerprint density at radius 3 is 2.95 bits per heavy atom. The van der Waals surface area contributed by atoms with Crippen molar-refractivity contribution in [2.45, 2.75) is 45.6 Å². The number of hydrogen-bond donors (Lipinski definition) is 1. The smallest absolute Gasteiger partial charge is 0.244 e. The van der Waals surface area contributed by atoms with Crippen LogP contribution in [0, 0.1) is 0 Å². The van der Waals surface area contributed by atoms with E-state index in [1.54, 1.807) is 4.68 Å². The summed E-state index contributed by atoms with van der Waals surface area (Å²) in [6.45, 7) is 8.19. The molecular weight excluding hydrogens is 288 g/mol. The van der Waals surface area contributed by atoms with E-state index in [1.807, 2.05) is 18.0 Å². The number of carbonyl (C=O) groups excluding carboxylic acids is 1. The molecule has 0 radical (unpaired) electrons. The van der Waals surface area contributed by atoms with Crippen molar-refractivity contribution in [3.63, 3.8) is 0 Å². The second-order valence-electron chi connectivity index (χ2n) is 5.45. The van der Waals surface area contributed by atoms with Gasteiger partial charge >= 0.3 is 0 Å². The first-order valence-corrected chi connectivity index (χ1v) is 7.76. The Labute approximate surface area is 133 Å². The Bertz CT molecular complexity index is 429. The van der Waals surface area contributed by atoms with E-state index in [0.717, 1.165) is 38.3 Å². The van der Waals surface area contributed by atoms with Crippen LogP contribution in [-0.4, -0.2) is 46.8 Å². The number of aromatic nitrogens is 2. The Balaban J connectivity index is 0.00000220. The van der Waals surface area contributed by atoms with Gasteiger partial charge in [0.2, 0.25) is 5.91 Å². The molecule has 1 aliphatic rings. The molecule has 0 spiro atoms. The first kappa shape index (κ1) is 18.0. The fourth-order valence-electron chi connectivity index (χ4n) is 2.76. The maximum absolute atomic E-state index is 12.2. The van der Waals surface area contributed by atoms with Gasteiger partial charge in [-0.05, 0) is 38.8 Å². The summed E-state index contributed by atoms with van der Waals surface area (Å²) in [5.41, 5.74) is 1.11. The molecule has 6 heteroatoms. The lowest BCUT2D eigenvalue weighted by Gasteiger charge is -2.21. The van der Waals surface area contributed by atoms with Crippen LogP contribution in [0.5, 0.6) is 0 Å². The maximum Gasteiger partial charge on any atom is 0.244 e. The molecule has 1 saturated heterocycles. The number of likely N-dealkylation sites (N-methyl/N-ethyl adjacent to an activating group) is 1. The molecule has 120 valence electrons. The Hall–Kier alpha value is -1.07. The molecule has 21 heavy (non-hydrogen) atoms. The lowest BCUT2D eigenvalue weighted by atomic mass is 9.97. The van der Waals surface area contributed by atoms with Crippen LogP contribution in [0.1, 0.15) is 44.7 Å². The van der Waals surface area contributed by atoms with Crippen LogP contribution in [-0.2, 0) is 11.3 Å². The second-order valence-corrected chi connectivity index (χ2v) is 5.45. The average molecular weight is 315 g/mol. The summed E-state index contributed by atoms with van der Waals surface area (Å²) in [7, 11) is 0. The Morgan fingerprint density at radius 2 is 2.33 bits per heavy atom. The zero-order valence-corrected chi connectivity index (χ0v) is 13.9. The molecule has 1 unspecified atom stereocenters. The van der Waals surface area contributed by atoms with E-state index < -0.39 is 0 Å². The molecule has 1 N–H and O–H groups in total. The molecule has 1 atom stereocenters. The highest BCUT2D eigenvalue weighted by molar-refractivity contribution is 5.85. The van der Waals surface area contributed by atoms with Crippen molar-refractivity contribution in [3.05, 3.63) is 18.0 Å². The summed E-state index contributed by atoms with van der Waals surface area (Å²) in [5.74, 6) is 0.656. The van der Waals surface area contributed by atoms with Gasteiger partial charge in [-0.25, -0.2) is 0 Å². The third kappa shape index (κ3) is 5.00. The fraction of sp³-hybridized carbons (Fsp3) is 0.733. The van der Waals surface area contributed by atoms with Crippen LogP contribution in [0.3, 0.4) is 0 Å². The molecule has 1 amide bonds. The fourth-order valence-corrected chi connectivity index (χ4v) is 2.76. The number of carbonyl (C=O) groups is 1. The molecule has 0 saturated carbocycles. The molecule has 5 nitrogen and oxygen atoms in total. The predicted molar refractivity (Wildman–Crippen MR) is 86.9 cm³/mol. The number of hydrogen-bond acceptors (Lipinski definition) is 3. The molecule has 1 aromatic rings. The van der Waals surface area contributed by atoms with Crippen LogP contribution >= 0.6 is 12.4 Å². The van der Waals surface area contributed by atoms with Gasteiger partial charge in [-0.2, -0.15) is 5.10 Å². The van der Waals surface area contributed by atoms with Crippen LogP contribution in [0.2, 0.25) is 0 Å². The van der Waals surface area contributed by atoms with Gasteiger partial charge in [0.1, 0.15) is 6.54 Å². The highest BCUT2D eigenvalue weighted by Gasteiger charge is 2.18. The minimum absolute atomic E-state index is 0. The minimum atomic E-state index is 0.